The molecule has 0 saturated carbocycles. The first-order valence-corrected chi connectivity index (χ1v) is 28.1. The van der Waals surface area contributed by atoms with Crippen LogP contribution in [0.1, 0.15) is 290 Å². The van der Waals surface area contributed by atoms with Gasteiger partial charge in [-0.3, -0.25) is 14.4 Å². The highest BCUT2D eigenvalue weighted by Crippen LogP contribution is 2.15. The molecular formula is C59H106O6. The summed E-state index contributed by atoms with van der Waals surface area (Å²) in [4.78, 5) is 38.1. The van der Waals surface area contributed by atoms with E-state index in [2.05, 4.69) is 69.4 Å². The van der Waals surface area contributed by atoms with Crippen molar-refractivity contribution < 1.29 is 28.6 Å². The summed E-state index contributed by atoms with van der Waals surface area (Å²) in [5.74, 6) is -0.884. The molecule has 0 heterocycles. The van der Waals surface area contributed by atoms with Crippen LogP contribution in [0, 0.1) is 0 Å². The summed E-state index contributed by atoms with van der Waals surface area (Å²) in [5, 5.41) is 0. The number of carbonyl (C=O) groups excluding carboxylic acids is 3. The van der Waals surface area contributed by atoms with Gasteiger partial charge in [0.25, 0.3) is 0 Å². The molecule has 0 bridgehead atoms. The van der Waals surface area contributed by atoms with E-state index in [1.165, 1.54) is 180 Å². The Morgan fingerprint density at radius 3 is 0.892 bits per heavy atom. The maximum atomic E-state index is 12.8. The molecule has 0 radical (unpaired) electrons. The van der Waals surface area contributed by atoms with Crippen LogP contribution in [0.15, 0.2) is 48.6 Å². The van der Waals surface area contributed by atoms with Crippen LogP contribution in [0.3, 0.4) is 0 Å². The van der Waals surface area contributed by atoms with Gasteiger partial charge in [0.2, 0.25) is 0 Å². The Morgan fingerprint density at radius 2 is 0.554 bits per heavy atom. The molecule has 0 rings (SSSR count). The molecule has 0 aliphatic rings. The zero-order valence-electron chi connectivity index (χ0n) is 43.3. The maximum Gasteiger partial charge on any atom is 0.306 e. The molecule has 0 aromatic heterocycles. The molecular weight excluding hydrogens is 805 g/mol. The number of hydrogen-bond donors (Lipinski definition) is 0. The van der Waals surface area contributed by atoms with Gasteiger partial charge in [-0.1, -0.05) is 217 Å². The fraction of sp³-hybridized carbons (Fsp3) is 0.814. The predicted molar refractivity (Wildman–Crippen MR) is 279 cm³/mol. The molecule has 0 amide bonds. The molecule has 378 valence electrons. The van der Waals surface area contributed by atoms with Gasteiger partial charge in [0.15, 0.2) is 6.10 Å². The van der Waals surface area contributed by atoms with Crippen LogP contribution < -0.4 is 0 Å². The van der Waals surface area contributed by atoms with E-state index in [0.717, 1.165) is 70.6 Å². The first-order valence-electron chi connectivity index (χ1n) is 28.1. The largest absolute Gasteiger partial charge is 0.462 e. The van der Waals surface area contributed by atoms with Crippen molar-refractivity contribution in [2.45, 2.75) is 297 Å². The van der Waals surface area contributed by atoms with Crippen LogP contribution in [0.4, 0.5) is 0 Å². The van der Waals surface area contributed by atoms with Gasteiger partial charge in [-0.2, -0.15) is 0 Å². The lowest BCUT2D eigenvalue weighted by molar-refractivity contribution is -0.167. The molecule has 0 fully saturated rings. The highest BCUT2D eigenvalue weighted by atomic mass is 16.6. The van der Waals surface area contributed by atoms with Gasteiger partial charge in [0, 0.05) is 19.3 Å². The second-order valence-electron chi connectivity index (χ2n) is 18.8. The molecule has 0 aromatic carbocycles. The maximum absolute atomic E-state index is 12.8. The quantitative estimate of drug-likeness (QED) is 0.0262. The summed E-state index contributed by atoms with van der Waals surface area (Å²) in [6, 6.07) is 0. The van der Waals surface area contributed by atoms with Gasteiger partial charge < -0.3 is 14.2 Å². The zero-order chi connectivity index (χ0) is 47.2. The highest BCUT2D eigenvalue weighted by molar-refractivity contribution is 5.71. The number of allylic oxidation sites excluding steroid dienone is 8. The number of rotatable bonds is 51. The molecule has 0 aliphatic carbocycles. The van der Waals surface area contributed by atoms with Gasteiger partial charge in [-0.15, -0.1) is 0 Å². The van der Waals surface area contributed by atoms with Gasteiger partial charge >= 0.3 is 17.9 Å². The van der Waals surface area contributed by atoms with Crippen molar-refractivity contribution in [3.05, 3.63) is 48.6 Å². The normalized spacial score (nSPS) is 12.4. The van der Waals surface area contributed by atoms with Crippen molar-refractivity contribution in [1.29, 1.82) is 0 Å². The zero-order valence-corrected chi connectivity index (χ0v) is 43.3. The van der Waals surface area contributed by atoms with E-state index >= 15 is 0 Å². The van der Waals surface area contributed by atoms with E-state index in [4.69, 9.17) is 14.2 Å². The van der Waals surface area contributed by atoms with Crippen molar-refractivity contribution >= 4 is 17.9 Å². The molecule has 0 N–H and O–H groups in total. The van der Waals surface area contributed by atoms with E-state index in [0.29, 0.717) is 19.3 Å². The van der Waals surface area contributed by atoms with Crippen molar-refractivity contribution in [2.24, 2.45) is 0 Å². The Morgan fingerprint density at radius 1 is 0.308 bits per heavy atom. The van der Waals surface area contributed by atoms with E-state index in [9.17, 15) is 14.4 Å². The Labute approximate surface area is 403 Å². The molecule has 0 aliphatic heterocycles. The molecule has 0 spiro atoms. The lowest BCUT2D eigenvalue weighted by Gasteiger charge is -2.18. The average Bonchev–Trinajstić information content (AvgIpc) is 3.30. The number of unbranched alkanes of at least 4 members (excludes halogenated alkanes) is 32. The van der Waals surface area contributed by atoms with Crippen molar-refractivity contribution in [3.8, 4) is 0 Å². The van der Waals surface area contributed by atoms with Crippen LogP contribution >= 0.6 is 0 Å². The topological polar surface area (TPSA) is 78.9 Å². The van der Waals surface area contributed by atoms with Crippen molar-refractivity contribution in [3.63, 3.8) is 0 Å². The first-order chi connectivity index (χ1) is 32.0. The van der Waals surface area contributed by atoms with Gasteiger partial charge in [-0.25, -0.2) is 0 Å². The molecule has 0 aromatic rings. The van der Waals surface area contributed by atoms with Crippen molar-refractivity contribution in [2.75, 3.05) is 13.2 Å². The summed E-state index contributed by atoms with van der Waals surface area (Å²) in [6.45, 7) is 6.60. The standard InChI is InChI=1S/C59H106O6/c1-4-7-10-13-16-19-22-25-28-29-32-34-37-40-43-46-49-52-58(61)64-55-56(65-59(62)53-50-47-44-41-38-35-31-27-24-21-18-15-12-9-6-3)54-63-57(60)51-48-45-42-39-36-33-30-26-23-20-17-14-11-8-5-2/h16,19-21,23-25,28,56H,4-15,17-18,22,26-27,29-55H2,1-3H3/b19-16-,23-20-,24-21-,28-25-. The molecule has 1 unspecified atom stereocenters. The summed E-state index contributed by atoms with van der Waals surface area (Å²) in [7, 11) is 0. The Kier molecular flexibility index (Phi) is 51.8. The summed E-state index contributed by atoms with van der Waals surface area (Å²) in [5.41, 5.74) is 0. The number of carbonyl (C=O) groups is 3. The lowest BCUT2D eigenvalue weighted by atomic mass is 10.1. The van der Waals surface area contributed by atoms with Gasteiger partial charge in [-0.05, 0) is 103 Å². The minimum Gasteiger partial charge on any atom is -0.462 e. The third-order valence-electron chi connectivity index (χ3n) is 12.3. The van der Waals surface area contributed by atoms with Crippen LogP contribution in [0.5, 0.6) is 0 Å². The Balaban J connectivity index is 4.38. The molecule has 65 heavy (non-hydrogen) atoms. The molecule has 6 heteroatoms. The second-order valence-corrected chi connectivity index (χ2v) is 18.8. The van der Waals surface area contributed by atoms with E-state index in [-0.39, 0.29) is 31.1 Å². The predicted octanol–water partition coefficient (Wildman–Crippen LogP) is 18.7. The third-order valence-corrected chi connectivity index (χ3v) is 12.3. The van der Waals surface area contributed by atoms with Crippen molar-refractivity contribution in [1.82, 2.24) is 0 Å². The molecule has 6 nitrogen and oxygen atoms in total. The monoisotopic (exact) mass is 911 g/mol. The minimum atomic E-state index is -0.779. The van der Waals surface area contributed by atoms with E-state index in [1.54, 1.807) is 0 Å². The van der Waals surface area contributed by atoms with E-state index < -0.39 is 6.10 Å². The molecule has 1 atom stereocenters. The number of ether oxygens (including phenoxy) is 3. The van der Waals surface area contributed by atoms with Gasteiger partial charge in [0.1, 0.15) is 13.2 Å². The minimum absolute atomic E-state index is 0.0783. The lowest BCUT2D eigenvalue weighted by Crippen LogP contribution is -2.30. The van der Waals surface area contributed by atoms with Crippen LogP contribution in [0.2, 0.25) is 0 Å². The summed E-state index contributed by atoms with van der Waals surface area (Å²) in [6.07, 6.45) is 65.2. The fourth-order valence-corrected chi connectivity index (χ4v) is 7.99. The fourth-order valence-electron chi connectivity index (χ4n) is 7.99. The average molecular weight is 911 g/mol. The number of esters is 3. The Bertz CT molecular complexity index is 1140. The van der Waals surface area contributed by atoms with Crippen LogP contribution in [-0.4, -0.2) is 37.2 Å². The summed E-state index contributed by atoms with van der Waals surface area (Å²) < 4.78 is 16.9. The summed E-state index contributed by atoms with van der Waals surface area (Å²) >= 11 is 0. The SMILES string of the molecule is CCCCC/C=C\C/C=C\CCCCCCCCCC(=O)OCC(COC(=O)CCCCCCCCC/C=C\CCCCCC)OC(=O)CCCCCCCCC/C=C\CCCCCC. The van der Waals surface area contributed by atoms with Crippen LogP contribution in [-0.2, 0) is 28.6 Å². The Hall–Kier alpha value is -2.63. The van der Waals surface area contributed by atoms with E-state index in [1.807, 2.05) is 0 Å². The highest BCUT2D eigenvalue weighted by Gasteiger charge is 2.19. The van der Waals surface area contributed by atoms with Gasteiger partial charge in [0.05, 0.1) is 0 Å². The first kappa shape index (κ1) is 62.4. The number of hydrogen-bond acceptors (Lipinski definition) is 6. The second kappa shape index (κ2) is 54.0. The smallest absolute Gasteiger partial charge is 0.306 e. The van der Waals surface area contributed by atoms with Crippen LogP contribution in [0.25, 0.3) is 0 Å². The third kappa shape index (κ3) is 52.2. The molecule has 0 saturated heterocycles.